The van der Waals surface area contributed by atoms with Crippen LogP contribution >= 0.6 is 0 Å². The number of hydrogen-bond donors (Lipinski definition) is 0. The molecule has 0 unspecified atom stereocenters. The van der Waals surface area contributed by atoms with Crippen molar-refractivity contribution in [3.8, 4) is 11.3 Å². The van der Waals surface area contributed by atoms with E-state index >= 15 is 0 Å². The first-order chi connectivity index (χ1) is 8.25. The van der Waals surface area contributed by atoms with Gasteiger partial charge in [-0.3, -0.25) is 4.40 Å². The fraction of sp³-hybridized carbons (Fsp3) is 0.0714. The van der Waals surface area contributed by atoms with Crippen LogP contribution in [0.2, 0.25) is 0 Å². The third-order valence-electron chi connectivity index (χ3n) is 2.80. The summed E-state index contributed by atoms with van der Waals surface area (Å²) in [5.41, 5.74) is 3.58. The lowest BCUT2D eigenvalue weighted by Crippen LogP contribution is -1.89. The number of aromatic nitrogens is 2. The Hall–Kier alpha value is -2.16. The van der Waals surface area contributed by atoms with Crippen LogP contribution in [0.3, 0.4) is 0 Å². The van der Waals surface area contributed by atoms with E-state index < -0.39 is 0 Å². The van der Waals surface area contributed by atoms with Gasteiger partial charge in [-0.1, -0.05) is 18.2 Å². The van der Waals surface area contributed by atoms with Gasteiger partial charge in [0.25, 0.3) is 0 Å². The van der Waals surface area contributed by atoms with E-state index in [1.165, 1.54) is 12.1 Å². The summed E-state index contributed by atoms with van der Waals surface area (Å²) in [4.78, 5) is 4.46. The molecule has 0 aliphatic rings. The highest BCUT2D eigenvalue weighted by Crippen LogP contribution is 2.24. The minimum absolute atomic E-state index is 0.229. The summed E-state index contributed by atoms with van der Waals surface area (Å²) in [6.45, 7) is 1.94. The van der Waals surface area contributed by atoms with Crippen molar-refractivity contribution >= 4 is 5.65 Å². The maximum absolute atomic E-state index is 13.3. The Morgan fingerprint density at radius 2 is 2.00 bits per heavy atom. The molecule has 0 aliphatic carbocycles. The molecule has 17 heavy (non-hydrogen) atoms. The lowest BCUT2D eigenvalue weighted by Gasteiger charge is -2.03. The molecule has 84 valence electrons. The van der Waals surface area contributed by atoms with E-state index in [1.807, 2.05) is 41.8 Å². The highest BCUT2D eigenvalue weighted by molar-refractivity contribution is 5.67. The van der Waals surface area contributed by atoms with Gasteiger partial charge in [0.15, 0.2) is 0 Å². The van der Waals surface area contributed by atoms with Crippen LogP contribution in [0.5, 0.6) is 0 Å². The predicted octanol–water partition coefficient (Wildman–Crippen LogP) is 3.45. The molecule has 3 aromatic rings. The Kier molecular flexibility index (Phi) is 2.18. The molecule has 0 amide bonds. The first-order valence-electron chi connectivity index (χ1n) is 5.45. The summed E-state index contributed by atoms with van der Waals surface area (Å²) in [6.07, 6.45) is 1.94. The van der Waals surface area contributed by atoms with Crippen LogP contribution in [-0.4, -0.2) is 9.38 Å². The van der Waals surface area contributed by atoms with E-state index in [0.29, 0.717) is 0 Å². The molecule has 3 rings (SSSR count). The normalized spacial score (nSPS) is 10.9. The summed E-state index contributed by atoms with van der Waals surface area (Å²) >= 11 is 0. The number of aryl methyl sites for hydroxylation is 1. The molecular formula is C14H11FN2. The van der Waals surface area contributed by atoms with Crippen LogP contribution in [0.15, 0.2) is 48.7 Å². The maximum atomic E-state index is 13.3. The molecule has 0 bridgehead atoms. The Labute approximate surface area is 98.4 Å². The largest absolute Gasteiger partial charge is 0.299 e. The molecule has 1 aromatic carbocycles. The summed E-state index contributed by atoms with van der Waals surface area (Å²) < 4.78 is 15.2. The van der Waals surface area contributed by atoms with Crippen molar-refractivity contribution in [2.24, 2.45) is 0 Å². The fourth-order valence-corrected chi connectivity index (χ4v) is 2.10. The second-order valence-electron chi connectivity index (χ2n) is 3.99. The molecule has 0 saturated heterocycles. The number of rotatable bonds is 1. The zero-order valence-electron chi connectivity index (χ0n) is 9.39. The second kappa shape index (κ2) is 3.70. The Morgan fingerprint density at radius 3 is 2.82 bits per heavy atom. The minimum atomic E-state index is -0.229. The van der Waals surface area contributed by atoms with Gasteiger partial charge < -0.3 is 0 Å². The molecule has 0 fully saturated rings. The second-order valence-corrected chi connectivity index (χ2v) is 3.99. The van der Waals surface area contributed by atoms with E-state index in [0.717, 1.165) is 22.6 Å². The van der Waals surface area contributed by atoms with Crippen LogP contribution in [0.4, 0.5) is 4.39 Å². The topological polar surface area (TPSA) is 17.3 Å². The van der Waals surface area contributed by atoms with Gasteiger partial charge in [0.05, 0.1) is 11.4 Å². The number of benzene rings is 1. The average Bonchev–Trinajstić information content (AvgIpc) is 2.64. The first kappa shape index (κ1) is 10.0. The number of imidazole rings is 1. The number of fused-ring (bicyclic) bond motifs is 1. The van der Waals surface area contributed by atoms with Gasteiger partial charge in [-0.15, -0.1) is 0 Å². The van der Waals surface area contributed by atoms with Crippen molar-refractivity contribution in [1.29, 1.82) is 0 Å². The third-order valence-corrected chi connectivity index (χ3v) is 2.80. The van der Waals surface area contributed by atoms with Crippen LogP contribution in [0.1, 0.15) is 5.69 Å². The molecule has 2 aromatic heterocycles. The Bertz CT molecular complexity index is 686. The van der Waals surface area contributed by atoms with Crippen molar-refractivity contribution in [3.63, 3.8) is 0 Å². The minimum Gasteiger partial charge on any atom is -0.299 e. The highest BCUT2D eigenvalue weighted by Gasteiger charge is 2.10. The maximum Gasteiger partial charge on any atom is 0.137 e. The molecular weight excluding hydrogens is 215 g/mol. The predicted molar refractivity (Wildman–Crippen MR) is 65.3 cm³/mol. The van der Waals surface area contributed by atoms with Gasteiger partial charge in [0.2, 0.25) is 0 Å². The SMILES string of the molecule is Cc1nc2ccccn2c1-c1cccc(F)c1. The van der Waals surface area contributed by atoms with Crippen molar-refractivity contribution in [3.05, 3.63) is 60.2 Å². The molecule has 0 saturated carbocycles. The highest BCUT2D eigenvalue weighted by atomic mass is 19.1. The van der Waals surface area contributed by atoms with Crippen molar-refractivity contribution in [2.75, 3.05) is 0 Å². The van der Waals surface area contributed by atoms with Crippen molar-refractivity contribution < 1.29 is 4.39 Å². The van der Waals surface area contributed by atoms with Crippen LogP contribution < -0.4 is 0 Å². The fourth-order valence-electron chi connectivity index (χ4n) is 2.10. The number of pyridine rings is 1. The van der Waals surface area contributed by atoms with Gasteiger partial charge in [0, 0.05) is 11.8 Å². The third kappa shape index (κ3) is 1.60. The zero-order chi connectivity index (χ0) is 11.8. The van der Waals surface area contributed by atoms with E-state index in [2.05, 4.69) is 4.98 Å². The average molecular weight is 226 g/mol. The molecule has 0 aliphatic heterocycles. The lowest BCUT2D eigenvalue weighted by atomic mass is 10.1. The van der Waals surface area contributed by atoms with Gasteiger partial charge in [-0.05, 0) is 31.2 Å². The summed E-state index contributed by atoms with van der Waals surface area (Å²) in [5.74, 6) is -0.229. The molecule has 0 radical (unpaired) electrons. The van der Waals surface area contributed by atoms with E-state index in [-0.39, 0.29) is 5.82 Å². The van der Waals surface area contributed by atoms with Gasteiger partial charge in [0.1, 0.15) is 11.5 Å². The molecule has 2 heterocycles. The summed E-state index contributed by atoms with van der Waals surface area (Å²) in [6, 6.07) is 12.4. The molecule has 2 nitrogen and oxygen atoms in total. The quantitative estimate of drug-likeness (QED) is 0.621. The smallest absolute Gasteiger partial charge is 0.137 e. The Balaban J connectivity index is 2.33. The lowest BCUT2D eigenvalue weighted by molar-refractivity contribution is 0.628. The van der Waals surface area contributed by atoms with Crippen LogP contribution in [0, 0.1) is 12.7 Å². The van der Waals surface area contributed by atoms with Gasteiger partial charge in [-0.2, -0.15) is 0 Å². The molecule has 0 N–H and O–H groups in total. The summed E-state index contributed by atoms with van der Waals surface area (Å²) in [7, 11) is 0. The summed E-state index contributed by atoms with van der Waals surface area (Å²) in [5, 5.41) is 0. The zero-order valence-corrected chi connectivity index (χ0v) is 9.39. The van der Waals surface area contributed by atoms with E-state index in [4.69, 9.17) is 0 Å². The molecule has 0 spiro atoms. The first-order valence-corrected chi connectivity index (χ1v) is 5.45. The van der Waals surface area contributed by atoms with Crippen molar-refractivity contribution in [1.82, 2.24) is 9.38 Å². The number of nitrogens with zero attached hydrogens (tertiary/aromatic N) is 2. The monoisotopic (exact) mass is 226 g/mol. The molecule has 0 atom stereocenters. The molecule has 3 heteroatoms. The van der Waals surface area contributed by atoms with Crippen LogP contribution in [-0.2, 0) is 0 Å². The van der Waals surface area contributed by atoms with E-state index in [9.17, 15) is 4.39 Å². The van der Waals surface area contributed by atoms with Gasteiger partial charge in [-0.25, -0.2) is 9.37 Å². The van der Waals surface area contributed by atoms with E-state index in [1.54, 1.807) is 6.07 Å². The van der Waals surface area contributed by atoms with Crippen molar-refractivity contribution in [2.45, 2.75) is 6.92 Å². The standard InChI is InChI=1S/C14H11FN2/c1-10-14(11-5-4-6-12(15)9-11)17-8-3-2-7-13(17)16-10/h2-9H,1H3. The van der Waals surface area contributed by atoms with Gasteiger partial charge >= 0.3 is 0 Å². The number of hydrogen-bond acceptors (Lipinski definition) is 1. The Morgan fingerprint density at radius 1 is 1.12 bits per heavy atom. The van der Waals surface area contributed by atoms with Crippen LogP contribution in [0.25, 0.3) is 16.9 Å². The number of halogens is 1.